The zero-order chi connectivity index (χ0) is 15.6. The van der Waals surface area contributed by atoms with Gasteiger partial charge in [-0.25, -0.2) is 0 Å². The average molecular weight is 316 g/mol. The van der Waals surface area contributed by atoms with E-state index in [1.54, 1.807) is 18.2 Å². The molecule has 0 fully saturated rings. The van der Waals surface area contributed by atoms with E-state index in [4.69, 9.17) is 16.3 Å². The maximum Gasteiger partial charge on any atom is 0.256 e. The van der Waals surface area contributed by atoms with Crippen molar-refractivity contribution in [1.82, 2.24) is 0 Å². The number of anilines is 1. The molecule has 3 N–H and O–H groups in total. The van der Waals surface area contributed by atoms with E-state index < -0.39 is 0 Å². The minimum Gasteiger partial charge on any atom is -0.504 e. The van der Waals surface area contributed by atoms with Crippen molar-refractivity contribution >= 4 is 44.7 Å². The number of phenols is 2. The van der Waals surface area contributed by atoms with Crippen molar-refractivity contribution in [2.24, 2.45) is 0 Å². The van der Waals surface area contributed by atoms with Gasteiger partial charge < -0.3 is 20.3 Å². The summed E-state index contributed by atoms with van der Waals surface area (Å²) >= 11 is 6.46. The van der Waals surface area contributed by atoms with Crippen LogP contribution in [0.4, 0.5) is 5.69 Å². The van der Waals surface area contributed by atoms with Gasteiger partial charge in [-0.05, 0) is 17.5 Å². The van der Waals surface area contributed by atoms with Crippen LogP contribution in [0.2, 0.25) is 5.02 Å². The van der Waals surface area contributed by atoms with Crippen molar-refractivity contribution in [2.75, 3.05) is 12.4 Å². The van der Waals surface area contributed by atoms with E-state index >= 15 is 0 Å². The molecule has 1 aliphatic rings. The van der Waals surface area contributed by atoms with Gasteiger partial charge in [0, 0.05) is 16.2 Å². The van der Waals surface area contributed by atoms with Crippen molar-refractivity contribution in [2.45, 2.75) is 0 Å². The Labute approximate surface area is 129 Å². The van der Waals surface area contributed by atoms with Crippen LogP contribution < -0.4 is 10.1 Å². The maximum atomic E-state index is 12.1. The molecule has 0 atom stereocenters. The van der Waals surface area contributed by atoms with Gasteiger partial charge in [0.1, 0.15) is 5.75 Å². The number of aromatic hydroxyl groups is 2. The summed E-state index contributed by atoms with van der Waals surface area (Å²) < 4.78 is 5.33. The van der Waals surface area contributed by atoms with Crippen molar-refractivity contribution in [3.8, 4) is 17.2 Å². The van der Waals surface area contributed by atoms with Gasteiger partial charge in [-0.3, -0.25) is 4.79 Å². The van der Waals surface area contributed by atoms with E-state index in [0.29, 0.717) is 38.0 Å². The third kappa shape index (κ3) is 1.41. The summed E-state index contributed by atoms with van der Waals surface area (Å²) in [6, 6.07) is 6.50. The number of ether oxygens (including phenoxy) is 1. The second-order valence-electron chi connectivity index (χ2n) is 5.07. The third-order valence-electron chi connectivity index (χ3n) is 3.97. The molecule has 0 unspecified atom stereocenters. The molecule has 1 heterocycles. The molecule has 5 nitrogen and oxygen atoms in total. The molecule has 3 aromatic carbocycles. The van der Waals surface area contributed by atoms with Gasteiger partial charge in [-0.2, -0.15) is 0 Å². The largest absolute Gasteiger partial charge is 0.504 e. The highest BCUT2D eigenvalue weighted by Gasteiger charge is 2.30. The number of phenolic OH excluding ortho intramolecular Hbond substituents is 2. The number of amides is 1. The van der Waals surface area contributed by atoms with Crippen LogP contribution in [0.3, 0.4) is 0 Å². The van der Waals surface area contributed by atoms with Crippen LogP contribution in [0.5, 0.6) is 17.2 Å². The van der Waals surface area contributed by atoms with Gasteiger partial charge >= 0.3 is 0 Å². The highest BCUT2D eigenvalue weighted by molar-refractivity contribution is 6.45. The van der Waals surface area contributed by atoms with Gasteiger partial charge in [0.25, 0.3) is 5.91 Å². The Hall–Kier alpha value is -2.66. The molecule has 0 saturated carbocycles. The maximum absolute atomic E-state index is 12.1. The van der Waals surface area contributed by atoms with Crippen LogP contribution in [0.25, 0.3) is 21.5 Å². The fraction of sp³-hybridized carbons (Fsp3) is 0.0625. The molecular weight excluding hydrogens is 306 g/mol. The zero-order valence-electron chi connectivity index (χ0n) is 11.4. The van der Waals surface area contributed by atoms with Crippen molar-refractivity contribution in [3.63, 3.8) is 0 Å². The number of carbonyl (C=O) groups excluding carboxylic acids is 1. The van der Waals surface area contributed by atoms with Crippen LogP contribution >= 0.6 is 11.6 Å². The van der Waals surface area contributed by atoms with Crippen LogP contribution in [0.15, 0.2) is 24.3 Å². The van der Waals surface area contributed by atoms with E-state index in [1.807, 2.05) is 0 Å². The summed E-state index contributed by atoms with van der Waals surface area (Å²) in [5.41, 5.74) is 0.705. The highest BCUT2D eigenvalue weighted by atomic mass is 35.5. The lowest BCUT2D eigenvalue weighted by Crippen LogP contribution is -2.04. The molecule has 22 heavy (non-hydrogen) atoms. The molecule has 1 aliphatic heterocycles. The number of hydrogen-bond donors (Lipinski definition) is 3. The minimum atomic E-state index is -0.369. The summed E-state index contributed by atoms with van der Waals surface area (Å²) in [5.74, 6) is -0.485. The Morgan fingerprint density at radius 3 is 2.68 bits per heavy atom. The summed E-state index contributed by atoms with van der Waals surface area (Å²) in [6.45, 7) is 0. The monoisotopic (exact) mass is 315 g/mol. The number of nitrogens with one attached hydrogen (secondary N) is 1. The van der Waals surface area contributed by atoms with Crippen LogP contribution in [0.1, 0.15) is 10.4 Å². The first kappa shape index (κ1) is 13.0. The van der Waals surface area contributed by atoms with E-state index in [-0.39, 0.29) is 23.0 Å². The van der Waals surface area contributed by atoms with Crippen LogP contribution in [0, 0.1) is 0 Å². The SMILES string of the molecule is COc1cccc2c1c(Cl)c1c3c(cc(O)c(O)c32)C(=O)N1. The van der Waals surface area contributed by atoms with Gasteiger partial charge in [0.15, 0.2) is 11.5 Å². The zero-order valence-corrected chi connectivity index (χ0v) is 12.2. The molecular formula is C16H10ClNO4. The molecule has 0 aliphatic carbocycles. The van der Waals surface area contributed by atoms with Gasteiger partial charge in [-0.15, -0.1) is 0 Å². The van der Waals surface area contributed by atoms with Crippen LogP contribution in [-0.2, 0) is 0 Å². The van der Waals surface area contributed by atoms with E-state index in [1.165, 1.54) is 13.2 Å². The molecule has 0 saturated heterocycles. The lowest BCUT2D eigenvalue weighted by molar-refractivity contribution is 0.103. The lowest BCUT2D eigenvalue weighted by Gasteiger charge is -2.13. The number of benzene rings is 3. The van der Waals surface area contributed by atoms with Crippen molar-refractivity contribution < 1.29 is 19.7 Å². The number of rotatable bonds is 1. The van der Waals surface area contributed by atoms with E-state index in [9.17, 15) is 15.0 Å². The second-order valence-corrected chi connectivity index (χ2v) is 5.45. The Bertz CT molecular complexity index is 997. The molecule has 3 aromatic rings. The molecule has 110 valence electrons. The molecule has 0 bridgehead atoms. The molecule has 0 spiro atoms. The Kier molecular flexibility index (Phi) is 2.47. The Morgan fingerprint density at radius 2 is 1.95 bits per heavy atom. The van der Waals surface area contributed by atoms with Crippen molar-refractivity contribution in [1.29, 1.82) is 0 Å². The van der Waals surface area contributed by atoms with Gasteiger partial charge in [-0.1, -0.05) is 23.7 Å². The molecule has 1 amide bonds. The molecule has 4 rings (SSSR count). The van der Waals surface area contributed by atoms with Gasteiger partial charge in [0.2, 0.25) is 0 Å². The number of hydrogen-bond acceptors (Lipinski definition) is 4. The average Bonchev–Trinajstić information content (AvgIpc) is 2.84. The summed E-state index contributed by atoms with van der Waals surface area (Å²) in [5, 5.41) is 25.3. The van der Waals surface area contributed by atoms with Gasteiger partial charge in [0.05, 0.1) is 23.4 Å². The fourth-order valence-corrected chi connectivity index (χ4v) is 3.36. The molecule has 0 radical (unpaired) electrons. The summed E-state index contributed by atoms with van der Waals surface area (Å²) in [4.78, 5) is 12.1. The standard InChI is InChI=1S/C16H10ClNO4/c1-22-9-4-2-3-6-10(9)13(17)14-11-7(16(21)18-14)5-8(19)15(20)12(6)11/h2-5,19-20H,1H3,(H,18,21). The minimum absolute atomic E-state index is 0.284. The first-order chi connectivity index (χ1) is 10.5. The highest BCUT2D eigenvalue weighted by Crippen LogP contribution is 2.51. The number of halogens is 1. The fourth-order valence-electron chi connectivity index (χ4n) is 3.03. The van der Waals surface area contributed by atoms with Crippen LogP contribution in [-0.4, -0.2) is 23.2 Å². The lowest BCUT2D eigenvalue weighted by atomic mass is 9.96. The summed E-state index contributed by atoms with van der Waals surface area (Å²) in [6.07, 6.45) is 0. The predicted molar refractivity (Wildman–Crippen MR) is 84.3 cm³/mol. The number of fused-ring (bicyclic) bond motifs is 2. The van der Waals surface area contributed by atoms with Crippen molar-refractivity contribution in [3.05, 3.63) is 34.9 Å². The quantitative estimate of drug-likeness (QED) is 0.473. The normalized spacial score (nSPS) is 12.9. The predicted octanol–water partition coefficient (Wildman–Crippen LogP) is 3.63. The Balaban J connectivity index is 2.39. The topological polar surface area (TPSA) is 78.8 Å². The first-order valence-electron chi connectivity index (χ1n) is 6.52. The van der Waals surface area contributed by atoms with E-state index in [0.717, 1.165) is 0 Å². The smallest absolute Gasteiger partial charge is 0.256 e. The summed E-state index contributed by atoms with van der Waals surface area (Å²) in [7, 11) is 1.51. The second kappa shape index (κ2) is 4.18. The third-order valence-corrected chi connectivity index (χ3v) is 4.35. The number of carbonyl (C=O) groups is 1. The molecule has 6 heteroatoms. The molecule has 0 aromatic heterocycles. The number of methoxy groups -OCH3 is 1. The van der Waals surface area contributed by atoms with E-state index in [2.05, 4.69) is 5.32 Å². The Morgan fingerprint density at radius 1 is 1.18 bits per heavy atom. The first-order valence-corrected chi connectivity index (χ1v) is 6.90.